The Morgan fingerprint density at radius 1 is 1.17 bits per heavy atom. The third-order valence-corrected chi connectivity index (χ3v) is 6.00. The number of nitrogens with zero attached hydrogens (tertiary/aromatic N) is 4. The van der Waals surface area contributed by atoms with Crippen LogP contribution in [-0.2, 0) is 11.2 Å². The maximum Gasteiger partial charge on any atom is 0.224 e. The highest BCUT2D eigenvalue weighted by Crippen LogP contribution is 2.14. The molecule has 0 bridgehead atoms. The minimum atomic E-state index is 0.441. The van der Waals surface area contributed by atoms with E-state index in [0.29, 0.717) is 43.3 Å². The number of ether oxygens (including phenoxy) is 1. The topological polar surface area (TPSA) is 85.6 Å². The molecule has 8 nitrogen and oxygen atoms in total. The number of benzene rings is 1. The fourth-order valence-corrected chi connectivity index (χ4v) is 3.88. The van der Waals surface area contributed by atoms with Gasteiger partial charge in [0.15, 0.2) is 0 Å². The smallest absolute Gasteiger partial charge is 0.224 e. The maximum atomic E-state index is 5.47. The van der Waals surface area contributed by atoms with Gasteiger partial charge in [-0.05, 0) is 43.0 Å². The number of rotatable bonds is 6. The standard InChI is InChI=1S/C27H35N7O/c1-4-21-8-6-10-23(13-12-21)30-27(29-20(3)34-14-16-35-17-15-34)33-25-19-28-26(32-25)31-24-11-7-9-22(5-2)18-24/h6-11,13,18H,3-5,12,14-17,19H2,1-2H3,(H3,28,29,30,31,32,33). The minimum Gasteiger partial charge on any atom is -0.378 e. The van der Waals surface area contributed by atoms with Gasteiger partial charge in [0.1, 0.15) is 18.2 Å². The molecular weight excluding hydrogens is 438 g/mol. The summed E-state index contributed by atoms with van der Waals surface area (Å²) in [6, 6.07) is 8.29. The van der Waals surface area contributed by atoms with Gasteiger partial charge in [0.25, 0.3) is 0 Å². The SMILES string of the molecule is C=C(/N=C(/NC1=CCC(CC)=CC=C1)NC1=NC(Nc2cccc(CC)c2)=NC1)N1CCOCC1. The number of amidine groups is 1. The van der Waals surface area contributed by atoms with Crippen LogP contribution in [0.25, 0.3) is 0 Å². The molecule has 0 aromatic heterocycles. The average molecular weight is 474 g/mol. The van der Waals surface area contributed by atoms with Crippen molar-refractivity contribution in [2.75, 3.05) is 38.2 Å². The lowest BCUT2D eigenvalue weighted by molar-refractivity contribution is 0.0534. The Labute approximate surface area is 208 Å². The van der Waals surface area contributed by atoms with E-state index < -0.39 is 0 Å². The van der Waals surface area contributed by atoms with E-state index in [0.717, 1.165) is 43.7 Å². The molecule has 4 rings (SSSR count). The monoisotopic (exact) mass is 473 g/mol. The van der Waals surface area contributed by atoms with Crippen molar-refractivity contribution in [1.29, 1.82) is 0 Å². The molecule has 1 aliphatic carbocycles. The van der Waals surface area contributed by atoms with Gasteiger partial charge >= 0.3 is 0 Å². The first kappa shape index (κ1) is 24.5. The van der Waals surface area contributed by atoms with Crippen LogP contribution >= 0.6 is 0 Å². The summed E-state index contributed by atoms with van der Waals surface area (Å²) in [5, 5.41) is 10.1. The van der Waals surface area contributed by atoms with Crippen LogP contribution in [0, 0.1) is 0 Å². The van der Waals surface area contributed by atoms with Crippen LogP contribution < -0.4 is 16.0 Å². The number of anilines is 1. The second-order valence-electron chi connectivity index (χ2n) is 8.50. The molecule has 3 aliphatic rings. The second kappa shape index (κ2) is 12.2. The predicted molar refractivity (Wildman–Crippen MR) is 145 cm³/mol. The zero-order valence-corrected chi connectivity index (χ0v) is 20.7. The molecule has 0 radical (unpaired) electrons. The molecule has 0 unspecified atom stereocenters. The van der Waals surface area contributed by atoms with Crippen molar-refractivity contribution in [3.8, 4) is 0 Å². The highest BCUT2D eigenvalue weighted by atomic mass is 16.5. The zero-order valence-electron chi connectivity index (χ0n) is 20.7. The number of morpholine rings is 1. The Morgan fingerprint density at radius 3 is 2.83 bits per heavy atom. The van der Waals surface area contributed by atoms with Crippen molar-refractivity contribution in [2.45, 2.75) is 33.1 Å². The quantitative estimate of drug-likeness (QED) is 0.430. The third-order valence-electron chi connectivity index (χ3n) is 6.00. The summed E-state index contributed by atoms with van der Waals surface area (Å²) in [7, 11) is 0. The van der Waals surface area contributed by atoms with Crippen molar-refractivity contribution in [2.24, 2.45) is 15.0 Å². The molecule has 184 valence electrons. The van der Waals surface area contributed by atoms with Gasteiger partial charge in [-0.15, -0.1) is 0 Å². The number of allylic oxidation sites excluding steroid dienone is 5. The van der Waals surface area contributed by atoms with E-state index in [1.165, 1.54) is 11.1 Å². The van der Waals surface area contributed by atoms with Crippen LogP contribution in [0.5, 0.6) is 0 Å². The molecule has 1 aromatic rings. The fraction of sp³-hybridized carbons (Fsp3) is 0.370. The summed E-state index contributed by atoms with van der Waals surface area (Å²) in [5.74, 6) is 2.55. The molecule has 0 saturated carbocycles. The van der Waals surface area contributed by atoms with E-state index in [9.17, 15) is 0 Å². The minimum absolute atomic E-state index is 0.441. The van der Waals surface area contributed by atoms with Crippen LogP contribution in [0.2, 0.25) is 0 Å². The van der Waals surface area contributed by atoms with Crippen LogP contribution in [0.1, 0.15) is 32.3 Å². The van der Waals surface area contributed by atoms with Gasteiger partial charge in [0, 0.05) is 24.5 Å². The normalized spacial score (nSPS) is 18.2. The Kier molecular flexibility index (Phi) is 8.51. The summed E-state index contributed by atoms with van der Waals surface area (Å²) < 4.78 is 5.47. The van der Waals surface area contributed by atoms with E-state index in [2.05, 4.69) is 87.7 Å². The lowest BCUT2D eigenvalue weighted by atomic mass is 10.1. The molecular formula is C27H35N7O. The van der Waals surface area contributed by atoms with E-state index in [1.54, 1.807) is 0 Å². The largest absolute Gasteiger partial charge is 0.378 e. The highest BCUT2D eigenvalue weighted by molar-refractivity contribution is 6.12. The third kappa shape index (κ3) is 7.16. The van der Waals surface area contributed by atoms with Gasteiger partial charge < -0.3 is 25.6 Å². The molecule has 35 heavy (non-hydrogen) atoms. The fourth-order valence-electron chi connectivity index (χ4n) is 3.88. The molecule has 0 amide bonds. The van der Waals surface area contributed by atoms with E-state index in [-0.39, 0.29) is 0 Å². The number of aryl methyl sites for hydroxylation is 1. The first-order valence-corrected chi connectivity index (χ1v) is 12.3. The molecule has 2 heterocycles. The van der Waals surface area contributed by atoms with Crippen molar-refractivity contribution < 1.29 is 4.74 Å². The molecule has 8 heteroatoms. The molecule has 1 aromatic carbocycles. The maximum absolute atomic E-state index is 5.47. The van der Waals surface area contributed by atoms with Crippen molar-refractivity contribution in [3.05, 3.63) is 77.8 Å². The first-order chi connectivity index (χ1) is 17.1. The molecule has 2 aliphatic heterocycles. The van der Waals surface area contributed by atoms with E-state index >= 15 is 0 Å². The Morgan fingerprint density at radius 2 is 2.03 bits per heavy atom. The van der Waals surface area contributed by atoms with Crippen molar-refractivity contribution in [1.82, 2.24) is 15.5 Å². The second-order valence-corrected chi connectivity index (χ2v) is 8.50. The van der Waals surface area contributed by atoms with Gasteiger partial charge in [0.2, 0.25) is 11.9 Å². The van der Waals surface area contributed by atoms with Gasteiger partial charge in [-0.3, -0.25) is 0 Å². The number of hydrogen-bond acceptors (Lipinski definition) is 6. The molecule has 1 saturated heterocycles. The Balaban J connectivity index is 1.47. The van der Waals surface area contributed by atoms with Crippen molar-refractivity contribution >= 4 is 23.4 Å². The van der Waals surface area contributed by atoms with Crippen molar-refractivity contribution in [3.63, 3.8) is 0 Å². The van der Waals surface area contributed by atoms with Gasteiger partial charge in [-0.2, -0.15) is 9.98 Å². The average Bonchev–Trinajstić information content (AvgIpc) is 3.19. The number of aliphatic imine (C=N–C) groups is 3. The number of nitrogens with one attached hydrogen (secondary N) is 3. The molecule has 0 spiro atoms. The van der Waals surface area contributed by atoms with Crippen LogP contribution in [0.4, 0.5) is 5.69 Å². The van der Waals surface area contributed by atoms with E-state index in [4.69, 9.17) is 9.73 Å². The number of guanidine groups is 2. The van der Waals surface area contributed by atoms with Gasteiger partial charge in [0.05, 0.1) is 13.2 Å². The van der Waals surface area contributed by atoms with Gasteiger partial charge in [-0.25, -0.2) is 4.99 Å². The highest BCUT2D eigenvalue weighted by Gasteiger charge is 2.16. The zero-order chi connectivity index (χ0) is 24.5. The van der Waals surface area contributed by atoms with Gasteiger partial charge in [-0.1, -0.05) is 56.4 Å². The van der Waals surface area contributed by atoms with E-state index in [1.807, 2.05) is 12.1 Å². The summed E-state index contributed by atoms with van der Waals surface area (Å²) in [6.45, 7) is 11.9. The predicted octanol–water partition coefficient (Wildman–Crippen LogP) is 3.95. The number of hydrogen-bond donors (Lipinski definition) is 3. The summed E-state index contributed by atoms with van der Waals surface area (Å²) in [4.78, 5) is 16.1. The lowest BCUT2D eigenvalue weighted by Gasteiger charge is -2.28. The van der Waals surface area contributed by atoms with Crippen LogP contribution in [-0.4, -0.2) is 55.5 Å². The van der Waals surface area contributed by atoms with Crippen LogP contribution in [0.15, 0.2) is 87.2 Å². The molecule has 3 N–H and O–H groups in total. The Bertz CT molecular complexity index is 1100. The summed E-state index contributed by atoms with van der Waals surface area (Å²) >= 11 is 0. The summed E-state index contributed by atoms with van der Waals surface area (Å²) in [6.07, 6.45) is 11.4. The molecule has 0 atom stereocenters. The lowest BCUT2D eigenvalue weighted by Crippen LogP contribution is -2.42. The molecule has 1 fully saturated rings. The Hall–Kier alpha value is -3.65. The van der Waals surface area contributed by atoms with Crippen LogP contribution in [0.3, 0.4) is 0 Å². The first-order valence-electron chi connectivity index (χ1n) is 12.3. The summed E-state index contributed by atoms with van der Waals surface area (Å²) in [5.41, 5.74) is 4.61.